The van der Waals surface area contributed by atoms with Crippen LogP contribution in [0, 0.1) is 0 Å². The molecule has 10 aromatic rings. The van der Waals surface area contributed by atoms with Crippen LogP contribution in [-0.2, 0) is 5.41 Å². The van der Waals surface area contributed by atoms with Gasteiger partial charge >= 0.3 is 0 Å². The van der Waals surface area contributed by atoms with Gasteiger partial charge in [-0.2, -0.15) is 0 Å². The van der Waals surface area contributed by atoms with E-state index in [1.165, 1.54) is 43.4 Å². The minimum atomic E-state index is -0.317. The molecular weight excluding hydrogens is 599 g/mol. The Bertz CT molecular complexity index is 3030. The van der Waals surface area contributed by atoms with Crippen molar-refractivity contribution >= 4 is 65.3 Å². The molecule has 0 spiro atoms. The summed E-state index contributed by atoms with van der Waals surface area (Å²) in [5.74, 6) is 1.61. The highest BCUT2D eigenvalue weighted by molar-refractivity contribution is 6.23. The lowest BCUT2D eigenvalue weighted by Gasteiger charge is -2.21. The summed E-state index contributed by atoms with van der Waals surface area (Å²) in [5, 5.41) is 9.51. The maximum Gasteiger partial charge on any atom is 0.161 e. The number of benzene rings is 7. The molecule has 4 nitrogen and oxygen atoms in total. The van der Waals surface area contributed by atoms with Crippen molar-refractivity contribution in [2.24, 2.45) is 0 Å². The lowest BCUT2D eigenvalue weighted by atomic mass is 9.85. The molecule has 0 fully saturated rings. The summed E-state index contributed by atoms with van der Waals surface area (Å²) in [5.41, 5.74) is 9.26. The van der Waals surface area contributed by atoms with Crippen LogP contribution < -0.4 is 0 Å². The molecule has 0 amide bonds. The van der Waals surface area contributed by atoms with E-state index in [1.54, 1.807) is 0 Å². The van der Waals surface area contributed by atoms with Crippen LogP contribution in [0.25, 0.3) is 93.6 Å². The molecule has 3 heterocycles. The molecule has 0 aliphatic heterocycles. The van der Waals surface area contributed by atoms with Gasteiger partial charge in [-0.25, -0.2) is 9.97 Å². The van der Waals surface area contributed by atoms with Gasteiger partial charge in [0.25, 0.3) is 0 Å². The van der Waals surface area contributed by atoms with Crippen LogP contribution in [0.15, 0.2) is 144 Å². The molecule has 0 N–H and O–H groups in total. The summed E-state index contributed by atoms with van der Waals surface area (Å²) in [6.07, 6.45) is 0. The molecule has 1 aliphatic carbocycles. The maximum atomic E-state index is 6.20. The fourth-order valence-electron chi connectivity index (χ4n) is 8.38. The zero-order valence-electron chi connectivity index (χ0n) is 27.0. The molecule has 49 heavy (non-hydrogen) atoms. The summed E-state index contributed by atoms with van der Waals surface area (Å²) in [6.45, 7) is 4.58. The third-order valence-electron chi connectivity index (χ3n) is 10.7. The summed E-state index contributed by atoms with van der Waals surface area (Å²) in [7, 11) is 0. The number of fused-ring (bicyclic) bond motifs is 12. The van der Waals surface area contributed by atoms with Gasteiger partial charge in [0.2, 0.25) is 0 Å². The van der Waals surface area contributed by atoms with Crippen LogP contribution in [-0.4, -0.2) is 14.5 Å². The normalized spacial score (nSPS) is 13.7. The van der Waals surface area contributed by atoms with E-state index >= 15 is 0 Å². The van der Waals surface area contributed by atoms with Crippen molar-refractivity contribution < 1.29 is 4.42 Å². The lowest BCUT2D eigenvalue weighted by Crippen LogP contribution is -2.18. The minimum absolute atomic E-state index is 0.317. The second-order valence-electron chi connectivity index (χ2n) is 13.8. The smallest absolute Gasteiger partial charge is 0.161 e. The fourth-order valence-corrected chi connectivity index (χ4v) is 8.38. The number of para-hydroxylation sites is 1. The van der Waals surface area contributed by atoms with Gasteiger partial charge in [-0.05, 0) is 75.1 Å². The van der Waals surface area contributed by atoms with E-state index < -0.39 is 0 Å². The van der Waals surface area contributed by atoms with Gasteiger partial charge in [0.05, 0.1) is 16.7 Å². The molecule has 0 saturated carbocycles. The van der Waals surface area contributed by atoms with E-state index in [1.807, 2.05) is 12.1 Å². The first-order valence-electron chi connectivity index (χ1n) is 16.8. The highest BCUT2D eigenvalue weighted by atomic mass is 16.3. The summed E-state index contributed by atoms with van der Waals surface area (Å²) < 4.78 is 8.60. The van der Waals surface area contributed by atoms with Gasteiger partial charge in [0, 0.05) is 38.1 Å². The fraction of sp³-hybridized carbons (Fsp3) is 0.0667. The standard InChI is InChI=1S/C45H29N3O/c1-45(2)35-17-9-7-16-32(35)41-42(45)46-43(29-20-22-39-33(24-29)31-15-8-10-18-38(31)49-39)47-44(41)48-36-21-19-26-11-5-6-14-30(26)40(36)34-23-27-12-3-4-13-28(27)25-37(34)48/h3-25H,1-2H3. The number of hydrogen-bond acceptors (Lipinski definition) is 3. The number of rotatable bonds is 2. The third kappa shape index (κ3) is 3.58. The van der Waals surface area contributed by atoms with Crippen LogP contribution in [0.2, 0.25) is 0 Å². The Balaban J connectivity index is 1.31. The third-order valence-corrected chi connectivity index (χ3v) is 10.7. The monoisotopic (exact) mass is 627 g/mol. The molecular formula is C45H29N3O. The molecule has 4 heteroatoms. The minimum Gasteiger partial charge on any atom is -0.456 e. The van der Waals surface area contributed by atoms with Gasteiger partial charge < -0.3 is 4.42 Å². The molecule has 0 saturated heterocycles. The summed E-state index contributed by atoms with van der Waals surface area (Å²) in [4.78, 5) is 11.0. The second kappa shape index (κ2) is 9.42. The van der Waals surface area contributed by atoms with Crippen molar-refractivity contribution in [2.45, 2.75) is 19.3 Å². The van der Waals surface area contributed by atoms with Crippen molar-refractivity contribution in [3.63, 3.8) is 0 Å². The lowest BCUT2D eigenvalue weighted by molar-refractivity contribution is 0.635. The zero-order valence-corrected chi connectivity index (χ0v) is 27.0. The number of aromatic nitrogens is 3. The average Bonchev–Trinajstić information content (AvgIpc) is 3.75. The molecule has 3 aromatic heterocycles. The van der Waals surface area contributed by atoms with Crippen molar-refractivity contribution in [3.05, 3.63) is 151 Å². The number of nitrogens with zero attached hydrogens (tertiary/aromatic N) is 3. The van der Waals surface area contributed by atoms with Gasteiger partial charge in [0.15, 0.2) is 5.82 Å². The van der Waals surface area contributed by atoms with Crippen molar-refractivity contribution in [2.75, 3.05) is 0 Å². The van der Waals surface area contributed by atoms with Crippen LogP contribution in [0.3, 0.4) is 0 Å². The Morgan fingerprint density at radius 2 is 1.27 bits per heavy atom. The van der Waals surface area contributed by atoms with E-state index in [0.717, 1.165) is 55.6 Å². The first-order valence-corrected chi connectivity index (χ1v) is 16.8. The second-order valence-corrected chi connectivity index (χ2v) is 13.8. The molecule has 7 aromatic carbocycles. The van der Waals surface area contributed by atoms with Gasteiger partial charge in [-0.3, -0.25) is 4.57 Å². The summed E-state index contributed by atoms with van der Waals surface area (Å²) in [6, 6.07) is 49.9. The Hall–Kier alpha value is -6.26. The zero-order chi connectivity index (χ0) is 32.4. The Labute approximate surface area is 281 Å². The van der Waals surface area contributed by atoms with E-state index in [9.17, 15) is 0 Å². The molecule has 230 valence electrons. The van der Waals surface area contributed by atoms with Crippen LogP contribution in [0.1, 0.15) is 25.1 Å². The van der Waals surface area contributed by atoms with Crippen LogP contribution in [0.5, 0.6) is 0 Å². The molecule has 0 atom stereocenters. The van der Waals surface area contributed by atoms with Crippen LogP contribution in [0.4, 0.5) is 0 Å². The molecule has 11 rings (SSSR count). The van der Waals surface area contributed by atoms with Gasteiger partial charge in [-0.1, -0.05) is 111 Å². The first kappa shape index (κ1) is 26.8. The van der Waals surface area contributed by atoms with E-state index in [-0.39, 0.29) is 5.41 Å². The van der Waals surface area contributed by atoms with Gasteiger partial charge in [-0.15, -0.1) is 0 Å². The Morgan fingerprint density at radius 3 is 2.14 bits per heavy atom. The van der Waals surface area contributed by atoms with Crippen molar-refractivity contribution in [1.29, 1.82) is 0 Å². The summed E-state index contributed by atoms with van der Waals surface area (Å²) >= 11 is 0. The Kier molecular flexibility index (Phi) is 5.15. The largest absolute Gasteiger partial charge is 0.456 e. The van der Waals surface area contributed by atoms with E-state index in [4.69, 9.17) is 14.4 Å². The van der Waals surface area contributed by atoms with E-state index in [0.29, 0.717) is 5.82 Å². The Morgan fingerprint density at radius 1 is 0.551 bits per heavy atom. The number of hydrogen-bond donors (Lipinski definition) is 0. The molecule has 1 aliphatic rings. The highest BCUT2D eigenvalue weighted by Crippen LogP contribution is 2.51. The van der Waals surface area contributed by atoms with E-state index in [2.05, 4.69) is 146 Å². The number of furan rings is 1. The van der Waals surface area contributed by atoms with Gasteiger partial charge in [0.1, 0.15) is 17.0 Å². The first-order chi connectivity index (χ1) is 24.0. The average molecular weight is 628 g/mol. The maximum absolute atomic E-state index is 6.20. The molecule has 0 unspecified atom stereocenters. The predicted octanol–water partition coefficient (Wildman–Crippen LogP) is 11.8. The topological polar surface area (TPSA) is 43.9 Å². The molecule has 0 radical (unpaired) electrons. The molecule has 0 bridgehead atoms. The quantitative estimate of drug-likeness (QED) is 0.192. The van der Waals surface area contributed by atoms with Crippen molar-refractivity contribution in [3.8, 4) is 28.3 Å². The van der Waals surface area contributed by atoms with Crippen molar-refractivity contribution in [1.82, 2.24) is 14.5 Å². The SMILES string of the molecule is CC1(C)c2ccccc2-c2c(-n3c4cc5ccccc5cc4c4c5ccccc5ccc43)nc(-c3ccc4oc5ccccc5c4c3)nc21. The predicted molar refractivity (Wildman–Crippen MR) is 202 cm³/mol. The van der Waals surface area contributed by atoms with Crippen LogP contribution >= 0.6 is 0 Å². The highest BCUT2D eigenvalue weighted by Gasteiger charge is 2.40.